The molecule has 1 aromatic heterocycles. The summed E-state index contributed by atoms with van der Waals surface area (Å²) in [6.07, 6.45) is 6.38. The summed E-state index contributed by atoms with van der Waals surface area (Å²) in [5.74, 6) is 0.417. The van der Waals surface area contributed by atoms with Crippen molar-refractivity contribution in [1.29, 1.82) is 0 Å². The number of hydrogen-bond acceptors (Lipinski definition) is 4. The Morgan fingerprint density at radius 2 is 1.83 bits per heavy atom. The molecule has 2 aliphatic rings. The van der Waals surface area contributed by atoms with Crippen LogP contribution in [0.2, 0.25) is 0 Å². The van der Waals surface area contributed by atoms with Gasteiger partial charge in [-0.3, -0.25) is 9.59 Å². The molecule has 0 atom stereocenters. The Morgan fingerprint density at radius 3 is 2.48 bits per heavy atom. The van der Waals surface area contributed by atoms with E-state index < -0.39 is 11.5 Å². The number of piperidine rings is 1. The highest BCUT2D eigenvalue weighted by Crippen LogP contribution is 2.36. The Kier molecular flexibility index (Phi) is 5.51. The summed E-state index contributed by atoms with van der Waals surface area (Å²) < 4.78 is 5.42. The minimum Gasteiger partial charge on any atom is -0.427 e. The fourth-order valence-corrected chi connectivity index (χ4v) is 4.00. The monoisotopic (exact) mass is 394 g/mol. The zero-order chi connectivity index (χ0) is 20.4. The fraction of sp³-hybridized carbons (Fsp3) is 0.435. The normalized spacial score (nSPS) is 16.9. The summed E-state index contributed by atoms with van der Waals surface area (Å²) in [6, 6.07) is 8.66. The number of aryl methyl sites for hydroxylation is 1. The van der Waals surface area contributed by atoms with Gasteiger partial charge >= 0.3 is 5.63 Å². The van der Waals surface area contributed by atoms with Crippen LogP contribution in [0.15, 0.2) is 39.5 Å². The molecule has 6 nitrogen and oxygen atoms in total. The first-order valence-electron chi connectivity index (χ1n) is 10.4. The van der Waals surface area contributed by atoms with E-state index in [0.717, 1.165) is 51.6 Å². The maximum Gasteiger partial charge on any atom is 0.349 e. The molecule has 152 valence electrons. The average Bonchev–Trinajstić information content (AvgIpc) is 2.66. The van der Waals surface area contributed by atoms with Gasteiger partial charge in [-0.2, -0.15) is 0 Å². The molecule has 1 aromatic carbocycles. The SMILES string of the molecule is Cc1cc(C2CCC2)oc(=O)c1C(=O)Nc1cccc(C(=O)N2CCCCC2)c1. The van der Waals surface area contributed by atoms with E-state index in [1.807, 2.05) is 4.90 Å². The van der Waals surface area contributed by atoms with Gasteiger partial charge in [0.25, 0.3) is 11.8 Å². The zero-order valence-corrected chi connectivity index (χ0v) is 16.7. The maximum atomic E-state index is 12.7. The number of hydrogen-bond donors (Lipinski definition) is 1. The van der Waals surface area contributed by atoms with Crippen LogP contribution in [0.4, 0.5) is 5.69 Å². The van der Waals surface area contributed by atoms with E-state index in [9.17, 15) is 14.4 Å². The van der Waals surface area contributed by atoms with Crippen LogP contribution < -0.4 is 10.9 Å². The van der Waals surface area contributed by atoms with Gasteiger partial charge in [-0.25, -0.2) is 4.79 Å². The smallest absolute Gasteiger partial charge is 0.349 e. The highest BCUT2D eigenvalue weighted by molar-refractivity contribution is 6.05. The lowest BCUT2D eigenvalue weighted by molar-refractivity contribution is 0.0724. The summed E-state index contributed by atoms with van der Waals surface area (Å²) >= 11 is 0. The number of benzene rings is 1. The van der Waals surface area contributed by atoms with E-state index in [1.54, 1.807) is 37.3 Å². The van der Waals surface area contributed by atoms with Crippen molar-refractivity contribution < 1.29 is 14.0 Å². The van der Waals surface area contributed by atoms with Crippen molar-refractivity contribution in [3.05, 3.63) is 63.2 Å². The zero-order valence-electron chi connectivity index (χ0n) is 16.7. The van der Waals surface area contributed by atoms with E-state index in [2.05, 4.69) is 5.32 Å². The number of carbonyl (C=O) groups is 2. The van der Waals surface area contributed by atoms with Gasteiger partial charge in [0.1, 0.15) is 11.3 Å². The van der Waals surface area contributed by atoms with Crippen molar-refractivity contribution in [1.82, 2.24) is 4.90 Å². The van der Waals surface area contributed by atoms with Crippen LogP contribution in [0.25, 0.3) is 0 Å². The van der Waals surface area contributed by atoms with Gasteiger partial charge in [-0.05, 0) is 68.9 Å². The molecule has 2 heterocycles. The number of carbonyl (C=O) groups excluding carboxylic acids is 2. The summed E-state index contributed by atoms with van der Waals surface area (Å²) in [5, 5.41) is 2.75. The fourth-order valence-electron chi connectivity index (χ4n) is 4.00. The largest absolute Gasteiger partial charge is 0.427 e. The Morgan fingerprint density at radius 1 is 1.07 bits per heavy atom. The van der Waals surface area contributed by atoms with Crippen molar-refractivity contribution >= 4 is 17.5 Å². The van der Waals surface area contributed by atoms with Crippen LogP contribution in [-0.2, 0) is 0 Å². The molecule has 0 bridgehead atoms. The van der Waals surface area contributed by atoms with Gasteiger partial charge < -0.3 is 14.6 Å². The lowest BCUT2D eigenvalue weighted by Gasteiger charge is -2.26. The number of rotatable bonds is 4. The van der Waals surface area contributed by atoms with Crippen LogP contribution in [0.5, 0.6) is 0 Å². The topological polar surface area (TPSA) is 79.6 Å². The third-order valence-corrected chi connectivity index (χ3v) is 5.91. The highest BCUT2D eigenvalue weighted by Gasteiger charge is 2.25. The van der Waals surface area contributed by atoms with Crippen molar-refractivity contribution in [3.8, 4) is 0 Å². The summed E-state index contributed by atoms with van der Waals surface area (Å²) in [7, 11) is 0. The molecule has 29 heavy (non-hydrogen) atoms. The molecule has 0 unspecified atom stereocenters. The molecule has 0 radical (unpaired) electrons. The van der Waals surface area contributed by atoms with Gasteiger partial charge in [0.15, 0.2) is 0 Å². The van der Waals surface area contributed by atoms with E-state index in [0.29, 0.717) is 22.6 Å². The molecule has 1 N–H and O–H groups in total. The third-order valence-electron chi connectivity index (χ3n) is 5.91. The van der Waals surface area contributed by atoms with Crippen molar-refractivity contribution in [2.75, 3.05) is 18.4 Å². The van der Waals surface area contributed by atoms with E-state index in [-0.39, 0.29) is 17.4 Å². The molecule has 2 aromatic rings. The third kappa shape index (κ3) is 4.11. The second kappa shape index (κ2) is 8.23. The molecule has 2 fully saturated rings. The van der Waals surface area contributed by atoms with Crippen molar-refractivity contribution in [2.24, 2.45) is 0 Å². The standard InChI is InChI=1S/C23H26N2O4/c1-15-13-19(16-7-5-8-16)29-23(28)20(15)21(26)24-18-10-6-9-17(14-18)22(27)25-11-3-2-4-12-25/h6,9-10,13-14,16H,2-5,7-8,11-12H2,1H3,(H,24,26). The van der Waals surface area contributed by atoms with Crippen LogP contribution in [0, 0.1) is 6.92 Å². The van der Waals surface area contributed by atoms with Gasteiger partial charge in [-0.15, -0.1) is 0 Å². The lowest BCUT2D eigenvalue weighted by Crippen LogP contribution is -2.35. The second-order valence-corrected chi connectivity index (χ2v) is 8.01. The molecule has 4 rings (SSSR count). The van der Waals surface area contributed by atoms with Gasteiger partial charge in [-0.1, -0.05) is 12.5 Å². The number of anilines is 1. The molecule has 0 spiro atoms. The van der Waals surface area contributed by atoms with Crippen LogP contribution in [0.1, 0.15) is 76.5 Å². The van der Waals surface area contributed by atoms with Crippen molar-refractivity contribution in [3.63, 3.8) is 0 Å². The first kappa shape index (κ1) is 19.4. The second-order valence-electron chi connectivity index (χ2n) is 8.01. The van der Waals surface area contributed by atoms with E-state index in [4.69, 9.17) is 4.42 Å². The minimum atomic E-state index is -0.607. The maximum absolute atomic E-state index is 12.7. The van der Waals surface area contributed by atoms with Gasteiger partial charge in [0.2, 0.25) is 0 Å². The number of nitrogens with zero attached hydrogens (tertiary/aromatic N) is 1. The quantitative estimate of drug-likeness (QED) is 0.847. The Hall–Kier alpha value is -2.89. The first-order valence-corrected chi connectivity index (χ1v) is 10.4. The molecule has 1 saturated heterocycles. The first-order chi connectivity index (χ1) is 14.0. The van der Waals surface area contributed by atoms with Gasteiger partial charge in [0.05, 0.1) is 0 Å². The molecular weight excluding hydrogens is 368 g/mol. The van der Waals surface area contributed by atoms with Crippen molar-refractivity contribution in [2.45, 2.75) is 51.4 Å². The lowest BCUT2D eigenvalue weighted by atomic mass is 9.83. The summed E-state index contributed by atoms with van der Waals surface area (Å²) in [6.45, 7) is 3.29. The molecule has 1 aliphatic heterocycles. The number of amides is 2. The predicted molar refractivity (Wildman–Crippen MR) is 110 cm³/mol. The Bertz CT molecular complexity index is 985. The average molecular weight is 394 g/mol. The Balaban J connectivity index is 1.51. The molecule has 2 amide bonds. The summed E-state index contributed by atoms with van der Waals surface area (Å²) in [4.78, 5) is 39.7. The van der Waals surface area contributed by atoms with Gasteiger partial charge in [0, 0.05) is 30.3 Å². The molecule has 1 saturated carbocycles. The Labute approximate surface area is 169 Å². The number of nitrogens with one attached hydrogen (secondary N) is 1. The van der Waals surface area contributed by atoms with Crippen LogP contribution >= 0.6 is 0 Å². The number of likely N-dealkylation sites (tertiary alicyclic amines) is 1. The molecule has 6 heteroatoms. The minimum absolute atomic E-state index is 0.0147. The van der Waals surface area contributed by atoms with E-state index >= 15 is 0 Å². The predicted octanol–water partition coefficient (Wildman–Crippen LogP) is 4.09. The molecular formula is C23H26N2O4. The summed E-state index contributed by atoms with van der Waals surface area (Å²) in [5.41, 5.74) is 1.04. The van der Waals surface area contributed by atoms with E-state index in [1.165, 1.54) is 0 Å². The van der Waals surface area contributed by atoms with Crippen LogP contribution in [-0.4, -0.2) is 29.8 Å². The highest BCUT2D eigenvalue weighted by atomic mass is 16.4. The molecule has 1 aliphatic carbocycles. The van der Waals surface area contributed by atoms with Crippen LogP contribution in [0.3, 0.4) is 0 Å².